The van der Waals surface area contributed by atoms with Gasteiger partial charge in [-0.25, -0.2) is 18.7 Å². The SMILES string of the molecule is CNC(=O)c1c(-c2ccc(F)cc2)oc2cc(N(C)C)c(-c3cc(F)cc(-c4nc5ncccc5[nH]4)c3)cc12. The zero-order valence-electron chi connectivity index (χ0n) is 21.3. The summed E-state index contributed by atoms with van der Waals surface area (Å²) in [6, 6.07) is 17.8. The Morgan fingerprint density at radius 2 is 1.72 bits per heavy atom. The molecule has 194 valence electrons. The molecule has 0 radical (unpaired) electrons. The van der Waals surface area contributed by atoms with Gasteiger partial charge in [0.05, 0.1) is 11.1 Å². The molecule has 0 spiro atoms. The number of nitrogens with zero attached hydrogens (tertiary/aromatic N) is 3. The number of hydrogen-bond acceptors (Lipinski definition) is 5. The quantitative estimate of drug-likeness (QED) is 0.273. The van der Waals surface area contributed by atoms with Crippen molar-refractivity contribution >= 4 is 33.7 Å². The highest BCUT2D eigenvalue weighted by molar-refractivity contribution is 6.13. The van der Waals surface area contributed by atoms with E-state index in [9.17, 15) is 9.18 Å². The van der Waals surface area contributed by atoms with E-state index in [1.807, 2.05) is 43.3 Å². The maximum atomic E-state index is 15.0. The van der Waals surface area contributed by atoms with Crippen LogP contribution >= 0.6 is 0 Å². The zero-order chi connectivity index (χ0) is 27.3. The molecule has 0 aliphatic heterocycles. The molecule has 0 aliphatic rings. The van der Waals surface area contributed by atoms with Crippen LogP contribution in [-0.2, 0) is 0 Å². The third-order valence-electron chi connectivity index (χ3n) is 6.59. The number of fused-ring (bicyclic) bond motifs is 2. The molecule has 0 bridgehead atoms. The normalized spacial score (nSPS) is 11.3. The Labute approximate surface area is 222 Å². The van der Waals surface area contributed by atoms with Gasteiger partial charge < -0.3 is 19.6 Å². The number of carbonyl (C=O) groups is 1. The van der Waals surface area contributed by atoms with Crippen molar-refractivity contribution in [3.05, 3.63) is 90.1 Å². The average Bonchev–Trinajstić information content (AvgIpc) is 3.53. The van der Waals surface area contributed by atoms with E-state index in [4.69, 9.17) is 4.42 Å². The molecule has 1 amide bonds. The first-order chi connectivity index (χ1) is 18.8. The number of nitrogens with one attached hydrogen (secondary N) is 2. The Bertz CT molecular complexity index is 1840. The van der Waals surface area contributed by atoms with Crippen molar-refractivity contribution in [1.82, 2.24) is 20.3 Å². The van der Waals surface area contributed by atoms with Crippen LogP contribution in [0.25, 0.3) is 56.0 Å². The molecule has 6 rings (SSSR count). The van der Waals surface area contributed by atoms with Crippen LogP contribution in [0.5, 0.6) is 0 Å². The highest BCUT2D eigenvalue weighted by atomic mass is 19.1. The molecule has 6 aromatic rings. The minimum atomic E-state index is -0.438. The Kier molecular flexibility index (Phi) is 5.83. The van der Waals surface area contributed by atoms with Crippen molar-refractivity contribution in [3.8, 4) is 33.8 Å². The number of carbonyl (C=O) groups excluding carboxylic acids is 1. The monoisotopic (exact) mass is 523 g/mol. The standard InChI is InChI=1S/C30H23F2N5O2/c1-33-30(38)26-22-14-21(24(37(2)3)15-25(22)39-27(26)16-6-8-19(31)9-7-16)17-11-18(13-20(32)12-17)28-35-23-5-4-10-34-29(23)36-28/h4-15H,1-3H3,(H,33,38)(H,34,35,36). The molecule has 3 aromatic heterocycles. The van der Waals surface area contributed by atoms with Gasteiger partial charge in [-0.2, -0.15) is 0 Å². The van der Waals surface area contributed by atoms with Gasteiger partial charge >= 0.3 is 0 Å². The van der Waals surface area contributed by atoms with Crippen LogP contribution in [0.1, 0.15) is 10.4 Å². The number of hydrogen-bond donors (Lipinski definition) is 2. The van der Waals surface area contributed by atoms with Crippen LogP contribution in [-0.4, -0.2) is 42.0 Å². The van der Waals surface area contributed by atoms with Crippen LogP contribution in [0.15, 0.2) is 77.3 Å². The summed E-state index contributed by atoms with van der Waals surface area (Å²) in [5.41, 5.74) is 5.23. The summed E-state index contributed by atoms with van der Waals surface area (Å²) in [5, 5.41) is 3.22. The largest absolute Gasteiger partial charge is 0.455 e. The highest BCUT2D eigenvalue weighted by Crippen LogP contribution is 2.41. The van der Waals surface area contributed by atoms with Gasteiger partial charge in [0, 0.05) is 61.2 Å². The molecule has 3 aromatic carbocycles. The minimum Gasteiger partial charge on any atom is -0.455 e. The van der Waals surface area contributed by atoms with Gasteiger partial charge in [-0.1, -0.05) is 0 Å². The van der Waals surface area contributed by atoms with Gasteiger partial charge in [0.25, 0.3) is 5.91 Å². The number of anilines is 1. The first-order valence-corrected chi connectivity index (χ1v) is 12.2. The zero-order valence-corrected chi connectivity index (χ0v) is 21.3. The molecule has 7 nitrogen and oxygen atoms in total. The van der Waals surface area contributed by atoms with E-state index in [1.165, 1.54) is 31.3 Å². The molecule has 0 saturated carbocycles. The van der Waals surface area contributed by atoms with E-state index in [-0.39, 0.29) is 5.91 Å². The lowest BCUT2D eigenvalue weighted by Gasteiger charge is -2.18. The van der Waals surface area contributed by atoms with Crippen molar-refractivity contribution in [1.29, 1.82) is 0 Å². The highest BCUT2D eigenvalue weighted by Gasteiger charge is 2.24. The molecule has 0 saturated heterocycles. The molecule has 0 unspecified atom stereocenters. The summed E-state index contributed by atoms with van der Waals surface area (Å²) in [6.45, 7) is 0. The number of H-pyrrole nitrogens is 1. The van der Waals surface area contributed by atoms with E-state index < -0.39 is 11.6 Å². The second kappa shape index (κ2) is 9.36. The Morgan fingerprint density at radius 3 is 2.44 bits per heavy atom. The first-order valence-electron chi connectivity index (χ1n) is 12.2. The fourth-order valence-corrected chi connectivity index (χ4v) is 4.75. The Balaban J connectivity index is 1.58. The second-order valence-corrected chi connectivity index (χ2v) is 9.34. The molecule has 0 aliphatic carbocycles. The number of aromatic nitrogens is 3. The molecule has 0 fully saturated rings. The molecule has 9 heteroatoms. The number of rotatable bonds is 5. The third kappa shape index (κ3) is 4.27. The van der Waals surface area contributed by atoms with Gasteiger partial charge in [0.2, 0.25) is 0 Å². The number of imidazole rings is 1. The van der Waals surface area contributed by atoms with Gasteiger partial charge in [0.15, 0.2) is 5.65 Å². The predicted octanol–water partition coefficient (Wildman–Crippen LogP) is 6.41. The summed E-state index contributed by atoms with van der Waals surface area (Å²) in [7, 11) is 5.28. The van der Waals surface area contributed by atoms with E-state index >= 15 is 4.39 Å². The van der Waals surface area contributed by atoms with E-state index in [0.717, 1.165) is 11.2 Å². The van der Waals surface area contributed by atoms with Gasteiger partial charge in [-0.3, -0.25) is 4.79 Å². The molecule has 39 heavy (non-hydrogen) atoms. The van der Waals surface area contributed by atoms with Crippen molar-refractivity contribution in [2.75, 3.05) is 26.0 Å². The van der Waals surface area contributed by atoms with Crippen molar-refractivity contribution in [2.24, 2.45) is 0 Å². The number of benzene rings is 3. The average molecular weight is 524 g/mol. The van der Waals surface area contributed by atoms with Crippen LogP contribution in [0.2, 0.25) is 0 Å². The molecule has 3 heterocycles. The summed E-state index contributed by atoms with van der Waals surface area (Å²) in [6.07, 6.45) is 1.65. The molecule has 2 N–H and O–H groups in total. The van der Waals surface area contributed by atoms with Crippen LogP contribution in [0, 0.1) is 11.6 Å². The van der Waals surface area contributed by atoms with Gasteiger partial charge in [0.1, 0.15) is 28.8 Å². The van der Waals surface area contributed by atoms with Gasteiger partial charge in [-0.15, -0.1) is 0 Å². The topological polar surface area (TPSA) is 87.1 Å². The minimum absolute atomic E-state index is 0.311. The van der Waals surface area contributed by atoms with Crippen LogP contribution in [0.4, 0.5) is 14.5 Å². The number of pyridine rings is 1. The lowest BCUT2D eigenvalue weighted by Crippen LogP contribution is -2.18. The number of furan rings is 1. The number of amides is 1. The molecular formula is C30H23F2N5O2. The molecule has 0 atom stereocenters. The van der Waals surface area contributed by atoms with Crippen LogP contribution in [0.3, 0.4) is 0 Å². The smallest absolute Gasteiger partial charge is 0.255 e. The van der Waals surface area contributed by atoms with E-state index in [0.29, 0.717) is 56.0 Å². The third-order valence-corrected chi connectivity index (χ3v) is 6.59. The second-order valence-electron chi connectivity index (χ2n) is 9.34. The molecular weight excluding hydrogens is 500 g/mol. The fourth-order valence-electron chi connectivity index (χ4n) is 4.75. The maximum Gasteiger partial charge on any atom is 0.255 e. The maximum absolute atomic E-state index is 15.0. The summed E-state index contributed by atoms with van der Waals surface area (Å²) < 4.78 is 34.8. The lowest BCUT2D eigenvalue weighted by atomic mass is 9.96. The van der Waals surface area contributed by atoms with E-state index in [1.54, 1.807) is 24.4 Å². The van der Waals surface area contributed by atoms with Crippen molar-refractivity contribution in [3.63, 3.8) is 0 Å². The Hall–Kier alpha value is -5.05. The number of aromatic amines is 1. The fraction of sp³-hybridized carbons (Fsp3) is 0.100. The lowest BCUT2D eigenvalue weighted by molar-refractivity contribution is 0.0964. The summed E-state index contributed by atoms with van der Waals surface area (Å²) >= 11 is 0. The van der Waals surface area contributed by atoms with Crippen molar-refractivity contribution < 1.29 is 18.0 Å². The van der Waals surface area contributed by atoms with E-state index in [2.05, 4.69) is 20.3 Å². The number of halogens is 2. The van der Waals surface area contributed by atoms with Gasteiger partial charge in [-0.05, 0) is 66.2 Å². The van der Waals surface area contributed by atoms with Crippen LogP contribution < -0.4 is 10.2 Å². The predicted molar refractivity (Wildman–Crippen MR) is 148 cm³/mol. The first kappa shape index (κ1) is 24.3. The summed E-state index contributed by atoms with van der Waals surface area (Å²) in [4.78, 5) is 26.9. The summed E-state index contributed by atoms with van der Waals surface area (Å²) in [5.74, 6) is -0.376. The Morgan fingerprint density at radius 1 is 0.949 bits per heavy atom. The van der Waals surface area contributed by atoms with Crippen molar-refractivity contribution in [2.45, 2.75) is 0 Å².